The fourth-order valence-corrected chi connectivity index (χ4v) is 3.23. The Morgan fingerprint density at radius 1 is 1.26 bits per heavy atom. The largest absolute Gasteiger partial charge is 0.314 e. The molecule has 0 radical (unpaired) electrons. The second-order valence-electron chi connectivity index (χ2n) is 5.78. The first-order valence-corrected chi connectivity index (χ1v) is 7.76. The third-order valence-corrected chi connectivity index (χ3v) is 4.32. The molecule has 1 aliphatic rings. The molecule has 0 bridgehead atoms. The maximum atomic E-state index is 13.7. The summed E-state index contributed by atoms with van der Waals surface area (Å²) < 4.78 is 13.7. The van der Waals surface area contributed by atoms with Crippen LogP contribution in [0, 0.1) is 11.7 Å². The van der Waals surface area contributed by atoms with Crippen molar-refractivity contribution in [1.82, 2.24) is 5.32 Å². The summed E-state index contributed by atoms with van der Waals surface area (Å²) in [6.45, 7) is 3.09. The molecule has 1 atom stereocenters. The highest BCUT2D eigenvalue weighted by Gasteiger charge is 2.18. The van der Waals surface area contributed by atoms with Crippen LogP contribution in [-0.2, 0) is 6.42 Å². The van der Waals surface area contributed by atoms with Crippen molar-refractivity contribution in [3.8, 4) is 0 Å². The molecule has 19 heavy (non-hydrogen) atoms. The van der Waals surface area contributed by atoms with Crippen LogP contribution in [0.4, 0.5) is 4.39 Å². The van der Waals surface area contributed by atoms with Gasteiger partial charge in [0.05, 0.1) is 0 Å². The van der Waals surface area contributed by atoms with Gasteiger partial charge in [-0.25, -0.2) is 4.39 Å². The van der Waals surface area contributed by atoms with Crippen LogP contribution in [0.3, 0.4) is 0 Å². The van der Waals surface area contributed by atoms with Crippen molar-refractivity contribution < 1.29 is 4.39 Å². The number of hydrogen-bond acceptors (Lipinski definition) is 1. The van der Waals surface area contributed by atoms with Gasteiger partial charge in [-0.1, -0.05) is 50.8 Å². The van der Waals surface area contributed by atoms with Gasteiger partial charge in [-0.3, -0.25) is 0 Å². The minimum absolute atomic E-state index is 0.0636. The first-order chi connectivity index (χ1) is 9.29. The predicted octanol–water partition coefficient (Wildman–Crippen LogP) is 4.32. The lowest BCUT2D eigenvalue weighted by molar-refractivity contribution is 0.404. The minimum Gasteiger partial charge on any atom is -0.314 e. The van der Waals surface area contributed by atoms with Crippen molar-refractivity contribution >= 4 is 0 Å². The minimum atomic E-state index is -0.0636. The molecule has 1 saturated carbocycles. The van der Waals surface area contributed by atoms with Gasteiger partial charge in [-0.15, -0.1) is 0 Å². The van der Waals surface area contributed by atoms with Crippen LogP contribution in [0.25, 0.3) is 0 Å². The average Bonchev–Trinajstić information content (AvgIpc) is 2.92. The Hall–Kier alpha value is -0.890. The molecule has 2 heteroatoms. The lowest BCUT2D eigenvalue weighted by Crippen LogP contribution is -2.31. The summed E-state index contributed by atoms with van der Waals surface area (Å²) in [6, 6.07) is 7.59. The van der Waals surface area contributed by atoms with Crippen LogP contribution >= 0.6 is 0 Å². The van der Waals surface area contributed by atoms with Gasteiger partial charge in [-0.05, 0) is 43.4 Å². The molecule has 0 aromatic heterocycles. The first kappa shape index (κ1) is 14.5. The summed E-state index contributed by atoms with van der Waals surface area (Å²) in [5, 5.41) is 3.52. The lowest BCUT2D eigenvalue weighted by atomic mass is 9.95. The van der Waals surface area contributed by atoms with Gasteiger partial charge in [0.25, 0.3) is 0 Å². The Labute approximate surface area is 116 Å². The van der Waals surface area contributed by atoms with Crippen molar-refractivity contribution in [2.75, 3.05) is 6.54 Å². The SMILES string of the molecule is CCNC(CCC1CCCC1)Cc1ccccc1F. The summed E-state index contributed by atoms with van der Waals surface area (Å²) in [6.07, 6.45) is 8.90. The highest BCUT2D eigenvalue weighted by molar-refractivity contribution is 5.18. The quantitative estimate of drug-likeness (QED) is 0.772. The Morgan fingerprint density at radius 3 is 2.68 bits per heavy atom. The molecule has 1 fully saturated rings. The zero-order chi connectivity index (χ0) is 13.5. The molecule has 1 aliphatic carbocycles. The van der Waals surface area contributed by atoms with Crippen molar-refractivity contribution in [3.05, 3.63) is 35.6 Å². The first-order valence-electron chi connectivity index (χ1n) is 7.76. The van der Waals surface area contributed by atoms with Gasteiger partial charge >= 0.3 is 0 Å². The summed E-state index contributed by atoms with van der Waals surface area (Å²) >= 11 is 0. The third-order valence-electron chi connectivity index (χ3n) is 4.32. The monoisotopic (exact) mass is 263 g/mol. The van der Waals surface area contributed by atoms with E-state index in [4.69, 9.17) is 0 Å². The molecule has 0 amide bonds. The summed E-state index contributed by atoms with van der Waals surface area (Å²) in [7, 11) is 0. The number of benzene rings is 1. The lowest BCUT2D eigenvalue weighted by Gasteiger charge is -2.20. The van der Waals surface area contributed by atoms with Crippen LogP contribution in [0.1, 0.15) is 51.0 Å². The summed E-state index contributed by atoms with van der Waals surface area (Å²) in [4.78, 5) is 0. The number of halogens is 1. The maximum absolute atomic E-state index is 13.7. The zero-order valence-corrected chi connectivity index (χ0v) is 12.0. The molecule has 2 rings (SSSR count). The number of likely N-dealkylation sites (N-methyl/N-ethyl adjacent to an activating group) is 1. The maximum Gasteiger partial charge on any atom is 0.126 e. The van der Waals surface area contributed by atoms with Crippen LogP contribution in [0.2, 0.25) is 0 Å². The van der Waals surface area contributed by atoms with E-state index >= 15 is 0 Å². The van der Waals surface area contributed by atoms with Crippen LogP contribution in [-0.4, -0.2) is 12.6 Å². The van der Waals surface area contributed by atoms with Crippen LogP contribution in [0.5, 0.6) is 0 Å². The van der Waals surface area contributed by atoms with Gasteiger partial charge in [-0.2, -0.15) is 0 Å². The second kappa shape index (κ2) is 7.64. The zero-order valence-electron chi connectivity index (χ0n) is 12.0. The van der Waals surface area contributed by atoms with Gasteiger partial charge in [0.1, 0.15) is 5.82 Å². The Morgan fingerprint density at radius 2 is 2.00 bits per heavy atom. The smallest absolute Gasteiger partial charge is 0.126 e. The van der Waals surface area contributed by atoms with Crippen LogP contribution in [0.15, 0.2) is 24.3 Å². The van der Waals surface area contributed by atoms with Gasteiger partial charge in [0.2, 0.25) is 0 Å². The van der Waals surface area contributed by atoms with E-state index in [1.807, 2.05) is 12.1 Å². The van der Waals surface area contributed by atoms with E-state index in [-0.39, 0.29) is 5.82 Å². The molecule has 1 nitrogen and oxygen atoms in total. The molecule has 0 heterocycles. The fourth-order valence-electron chi connectivity index (χ4n) is 3.23. The van der Waals surface area contributed by atoms with E-state index in [0.29, 0.717) is 6.04 Å². The van der Waals surface area contributed by atoms with E-state index in [1.54, 1.807) is 12.1 Å². The molecule has 1 N–H and O–H groups in total. The van der Waals surface area contributed by atoms with Gasteiger partial charge in [0.15, 0.2) is 0 Å². The second-order valence-corrected chi connectivity index (χ2v) is 5.78. The number of nitrogens with one attached hydrogen (secondary N) is 1. The van der Waals surface area contributed by atoms with E-state index in [9.17, 15) is 4.39 Å². The molecule has 0 saturated heterocycles. The standard InChI is InChI=1S/C17H26FN/c1-2-19-16(12-11-14-7-3-4-8-14)13-15-9-5-6-10-17(15)18/h5-6,9-10,14,16,19H,2-4,7-8,11-13H2,1H3. The predicted molar refractivity (Wildman–Crippen MR) is 78.8 cm³/mol. The highest BCUT2D eigenvalue weighted by atomic mass is 19.1. The fraction of sp³-hybridized carbons (Fsp3) is 0.647. The van der Waals surface area contributed by atoms with E-state index < -0.39 is 0 Å². The molecular weight excluding hydrogens is 237 g/mol. The number of hydrogen-bond donors (Lipinski definition) is 1. The number of rotatable bonds is 7. The van der Waals surface area contributed by atoms with E-state index in [1.165, 1.54) is 38.5 Å². The average molecular weight is 263 g/mol. The van der Waals surface area contributed by atoms with Crippen molar-refractivity contribution in [2.45, 2.75) is 57.9 Å². The Bertz CT molecular complexity index is 371. The molecule has 106 valence electrons. The Kier molecular flexibility index (Phi) is 5.84. The molecular formula is C17H26FN. The summed E-state index contributed by atoms with van der Waals surface area (Å²) in [5.74, 6) is 0.855. The molecule has 0 spiro atoms. The Balaban J connectivity index is 1.86. The molecule has 1 aromatic rings. The van der Waals surface area contributed by atoms with E-state index in [2.05, 4.69) is 12.2 Å². The van der Waals surface area contributed by atoms with E-state index in [0.717, 1.165) is 24.4 Å². The van der Waals surface area contributed by atoms with Crippen molar-refractivity contribution in [1.29, 1.82) is 0 Å². The third kappa shape index (κ3) is 4.61. The molecule has 1 aromatic carbocycles. The van der Waals surface area contributed by atoms with Crippen LogP contribution < -0.4 is 5.32 Å². The van der Waals surface area contributed by atoms with Gasteiger partial charge < -0.3 is 5.32 Å². The summed E-state index contributed by atoms with van der Waals surface area (Å²) in [5.41, 5.74) is 0.847. The normalized spacial score (nSPS) is 17.8. The van der Waals surface area contributed by atoms with Crippen molar-refractivity contribution in [3.63, 3.8) is 0 Å². The highest BCUT2D eigenvalue weighted by Crippen LogP contribution is 2.29. The van der Waals surface area contributed by atoms with Crippen molar-refractivity contribution in [2.24, 2.45) is 5.92 Å². The molecule has 1 unspecified atom stereocenters. The topological polar surface area (TPSA) is 12.0 Å². The molecule has 0 aliphatic heterocycles. The van der Waals surface area contributed by atoms with Gasteiger partial charge in [0, 0.05) is 6.04 Å².